The van der Waals surface area contributed by atoms with Crippen LogP contribution >= 0.6 is 0 Å². The van der Waals surface area contributed by atoms with E-state index < -0.39 is 0 Å². The van der Waals surface area contributed by atoms with Crippen molar-refractivity contribution in [2.75, 3.05) is 18.0 Å². The standard InChI is InChI=1S/C20H23N5/c1-16-6-4-10-22-19(16)24-12-5-7-17(14-24)20-23-11-13-25(20)15-18-8-2-3-9-21-18/h2-4,6,8-11,13,17H,5,7,12,14-15H2,1H3. The molecule has 0 aromatic carbocycles. The maximum atomic E-state index is 4.67. The van der Waals surface area contributed by atoms with Crippen LogP contribution in [-0.4, -0.2) is 32.6 Å². The van der Waals surface area contributed by atoms with E-state index in [0.717, 1.165) is 43.4 Å². The van der Waals surface area contributed by atoms with E-state index in [1.165, 1.54) is 12.0 Å². The van der Waals surface area contributed by atoms with E-state index in [-0.39, 0.29) is 0 Å². The number of rotatable bonds is 4. The van der Waals surface area contributed by atoms with Gasteiger partial charge in [-0.05, 0) is 43.5 Å². The molecule has 0 radical (unpaired) electrons. The van der Waals surface area contributed by atoms with Crippen molar-refractivity contribution in [1.82, 2.24) is 19.5 Å². The van der Waals surface area contributed by atoms with Crippen molar-refractivity contribution < 1.29 is 0 Å². The Hall–Kier alpha value is -2.69. The molecule has 0 bridgehead atoms. The number of hydrogen-bond donors (Lipinski definition) is 0. The van der Waals surface area contributed by atoms with E-state index in [0.29, 0.717) is 5.92 Å². The first-order valence-corrected chi connectivity index (χ1v) is 8.89. The molecule has 1 saturated heterocycles. The Labute approximate surface area is 148 Å². The summed E-state index contributed by atoms with van der Waals surface area (Å²) in [5, 5.41) is 0. The molecule has 1 fully saturated rings. The lowest BCUT2D eigenvalue weighted by Crippen LogP contribution is -2.36. The van der Waals surface area contributed by atoms with E-state index >= 15 is 0 Å². The summed E-state index contributed by atoms with van der Waals surface area (Å²) in [6.07, 6.45) is 10.0. The number of nitrogens with zero attached hydrogens (tertiary/aromatic N) is 5. The number of aromatic nitrogens is 4. The minimum absolute atomic E-state index is 0.425. The molecule has 25 heavy (non-hydrogen) atoms. The number of anilines is 1. The van der Waals surface area contributed by atoms with Crippen LogP contribution in [0, 0.1) is 6.92 Å². The lowest BCUT2D eigenvalue weighted by atomic mass is 9.96. The average molecular weight is 333 g/mol. The number of imidazole rings is 1. The van der Waals surface area contributed by atoms with E-state index in [2.05, 4.69) is 49.7 Å². The summed E-state index contributed by atoms with van der Waals surface area (Å²) in [5.74, 6) is 2.69. The zero-order valence-corrected chi connectivity index (χ0v) is 14.5. The second-order valence-corrected chi connectivity index (χ2v) is 6.66. The number of piperidine rings is 1. The van der Waals surface area contributed by atoms with Gasteiger partial charge in [0, 0.05) is 43.8 Å². The highest BCUT2D eigenvalue weighted by Crippen LogP contribution is 2.29. The van der Waals surface area contributed by atoms with Crippen LogP contribution in [0.3, 0.4) is 0 Å². The largest absolute Gasteiger partial charge is 0.356 e. The number of pyridine rings is 2. The van der Waals surface area contributed by atoms with Crippen molar-refractivity contribution in [3.8, 4) is 0 Å². The molecule has 4 rings (SSSR count). The summed E-state index contributed by atoms with van der Waals surface area (Å²) in [6, 6.07) is 10.2. The van der Waals surface area contributed by atoms with Crippen molar-refractivity contribution in [1.29, 1.82) is 0 Å². The molecule has 4 heterocycles. The van der Waals surface area contributed by atoms with Crippen molar-refractivity contribution >= 4 is 5.82 Å². The van der Waals surface area contributed by atoms with Crippen LogP contribution in [-0.2, 0) is 6.54 Å². The zero-order valence-electron chi connectivity index (χ0n) is 14.5. The summed E-state index contributed by atoms with van der Waals surface area (Å²) in [6.45, 7) is 4.94. The highest BCUT2D eigenvalue weighted by atomic mass is 15.2. The Bertz CT molecular complexity index is 827. The van der Waals surface area contributed by atoms with E-state index in [9.17, 15) is 0 Å². The molecule has 5 nitrogen and oxygen atoms in total. The summed E-state index contributed by atoms with van der Waals surface area (Å²) in [5.41, 5.74) is 2.30. The Balaban J connectivity index is 1.54. The van der Waals surface area contributed by atoms with Crippen molar-refractivity contribution in [3.63, 3.8) is 0 Å². The minimum atomic E-state index is 0.425. The third kappa shape index (κ3) is 3.40. The zero-order chi connectivity index (χ0) is 17.1. The molecule has 128 valence electrons. The van der Waals surface area contributed by atoms with Crippen molar-refractivity contribution in [2.45, 2.75) is 32.2 Å². The first kappa shape index (κ1) is 15.8. The third-order valence-corrected chi connectivity index (χ3v) is 4.87. The summed E-state index contributed by atoms with van der Waals surface area (Å²) in [7, 11) is 0. The van der Waals surface area contributed by atoms with Crippen LogP contribution in [0.25, 0.3) is 0 Å². The van der Waals surface area contributed by atoms with Gasteiger partial charge in [-0.15, -0.1) is 0 Å². The van der Waals surface area contributed by atoms with Gasteiger partial charge < -0.3 is 9.47 Å². The van der Waals surface area contributed by atoms with Gasteiger partial charge >= 0.3 is 0 Å². The van der Waals surface area contributed by atoms with Crippen molar-refractivity contribution in [2.24, 2.45) is 0 Å². The lowest BCUT2D eigenvalue weighted by molar-refractivity contribution is 0.473. The molecule has 0 amide bonds. The first-order chi connectivity index (χ1) is 12.3. The van der Waals surface area contributed by atoms with Crippen LogP contribution in [0.4, 0.5) is 5.82 Å². The Morgan fingerprint density at radius 2 is 1.96 bits per heavy atom. The predicted molar refractivity (Wildman–Crippen MR) is 98.7 cm³/mol. The predicted octanol–water partition coefficient (Wildman–Crippen LogP) is 3.41. The van der Waals surface area contributed by atoms with E-state index in [4.69, 9.17) is 0 Å². The Morgan fingerprint density at radius 3 is 2.80 bits per heavy atom. The molecular formula is C20H23N5. The smallest absolute Gasteiger partial charge is 0.131 e. The second kappa shape index (κ2) is 7.05. The second-order valence-electron chi connectivity index (χ2n) is 6.66. The SMILES string of the molecule is Cc1cccnc1N1CCCC(c2nccn2Cc2ccccn2)C1. The van der Waals surface area contributed by atoms with Gasteiger partial charge in [0.2, 0.25) is 0 Å². The maximum Gasteiger partial charge on any atom is 0.131 e. The molecule has 1 aliphatic rings. The summed E-state index contributed by atoms with van der Waals surface area (Å²) >= 11 is 0. The van der Waals surface area contributed by atoms with Gasteiger partial charge in [0.1, 0.15) is 11.6 Å². The van der Waals surface area contributed by atoms with Gasteiger partial charge in [0.15, 0.2) is 0 Å². The lowest BCUT2D eigenvalue weighted by Gasteiger charge is -2.34. The summed E-state index contributed by atoms with van der Waals surface area (Å²) < 4.78 is 2.24. The van der Waals surface area contributed by atoms with Crippen LogP contribution in [0.5, 0.6) is 0 Å². The molecule has 0 aliphatic carbocycles. The highest BCUT2D eigenvalue weighted by Gasteiger charge is 2.26. The van der Waals surface area contributed by atoms with Crippen LogP contribution in [0.15, 0.2) is 55.1 Å². The fourth-order valence-corrected chi connectivity index (χ4v) is 3.67. The van der Waals surface area contributed by atoms with Gasteiger partial charge in [0.25, 0.3) is 0 Å². The molecular weight excluding hydrogens is 310 g/mol. The summed E-state index contributed by atoms with van der Waals surface area (Å²) in [4.78, 5) is 16.1. The highest BCUT2D eigenvalue weighted by molar-refractivity contribution is 5.46. The molecule has 1 atom stereocenters. The normalized spacial score (nSPS) is 17.6. The molecule has 3 aromatic heterocycles. The molecule has 0 saturated carbocycles. The Kier molecular flexibility index (Phi) is 4.46. The van der Waals surface area contributed by atoms with Crippen LogP contribution in [0.1, 0.15) is 35.8 Å². The topological polar surface area (TPSA) is 46.8 Å². The van der Waals surface area contributed by atoms with Gasteiger partial charge in [-0.2, -0.15) is 0 Å². The van der Waals surface area contributed by atoms with E-state index in [1.807, 2.05) is 36.8 Å². The fraction of sp³-hybridized carbons (Fsp3) is 0.350. The molecule has 3 aromatic rings. The molecule has 1 aliphatic heterocycles. The van der Waals surface area contributed by atoms with Gasteiger partial charge in [-0.3, -0.25) is 4.98 Å². The monoisotopic (exact) mass is 333 g/mol. The molecule has 5 heteroatoms. The van der Waals surface area contributed by atoms with E-state index in [1.54, 1.807) is 0 Å². The molecule has 1 unspecified atom stereocenters. The third-order valence-electron chi connectivity index (χ3n) is 4.87. The maximum absolute atomic E-state index is 4.67. The number of aryl methyl sites for hydroxylation is 1. The Morgan fingerprint density at radius 1 is 1.04 bits per heavy atom. The number of hydrogen-bond acceptors (Lipinski definition) is 4. The van der Waals surface area contributed by atoms with Gasteiger partial charge in [-0.1, -0.05) is 12.1 Å². The molecule has 0 N–H and O–H groups in total. The fourth-order valence-electron chi connectivity index (χ4n) is 3.67. The quantitative estimate of drug-likeness (QED) is 0.734. The van der Waals surface area contributed by atoms with Gasteiger partial charge in [0.05, 0.1) is 12.2 Å². The minimum Gasteiger partial charge on any atom is -0.356 e. The van der Waals surface area contributed by atoms with Crippen molar-refractivity contribution in [3.05, 3.63) is 72.2 Å². The van der Waals surface area contributed by atoms with Crippen LogP contribution in [0.2, 0.25) is 0 Å². The first-order valence-electron chi connectivity index (χ1n) is 8.89. The van der Waals surface area contributed by atoms with Crippen LogP contribution < -0.4 is 4.90 Å². The molecule has 0 spiro atoms. The van der Waals surface area contributed by atoms with Gasteiger partial charge in [-0.25, -0.2) is 9.97 Å². The average Bonchev–Trinajstić information content (AvgIpc) is 3.11.